The lowest BCUT2D eigenvalue weighted by Gasteiger charge is -2.24. The van der Waals surface area contributed by atoms with E-state index >= 15 is 0 Å². The van der Waals surface area contributed by atoms with Crippen LogP contribution in [0.15, 0.2) is 61.5 Å². The average molecular weight is 641 g/mol. The molecule has 12 nitrogen and oxygen atoms in total. The Bertz CT molecular complexity index is 1750. The number of ether oxygens (including phenoxy) is 2. The minimum Gasteiger partial charge on any atom is -0.424 e. The maximum atomic E-state index is 12.9. The van der Waals surface area contributed by atoms with Crippen molar-refractivity contribution in [2.24, 2.45) is 0 Å². The van der Waals surface area contributed by atoms with Crippen LogP contribution < -0.4 is 20.1 Å². The number of aliphatic hydroxyl groups is 1. The van der Waals surface area contributed by atoms with Crippen molar-refractivity contribution in [2.75, 3.05) is 0 Å². The molecule has 4 heterocycles. The summed E-state index contributed by atoms with van der Waals surface area (Å²) in [6.45, 7) is 5.42. The van der Waals surface area contributed by atoms with Crippen LogP contribution in [0.4, 0.5) is 0 Å². The molecule has 0 radical (unpaired) electrons. The molecule has 0 aromatic heterocycles. The molecule has 0 bridgehead atoms. The van der Waals surface area contributed by atoms with Gasteiger partial charge in [0.15, 0.2) is 17.7 Å². The molecule has 0 saturated carbocycles. The molecule has 0 fully saturated rings. The zero-order valence-corrected chi connectivity index (χ0v) is 25.2. The Balaban J connectivity index is 1.74. The topological polar surface area (TPSA) is 196 Å². The van der Waals surface area contributed by atoms with Gasteiger partial charge >= 0.3 is 11.9 Å². The summed E-state index contributed by atoms with van der Waals surface area (Å²) in [6.07, 6.45) is -1.43. The number of imide groups is 1. The van der Waals surface area contributed by atoms with Gasteiger partial charge in [-0.05, 0) is 25.0 Å². The number of carbonyl (C=O) groups is 5. The molecule has 1 aromatic rings. The molecule has 0 saturated heterocycles. The highest BCUT2D eigenvalue weighted by atomic mass is 32.2. The van der Waals surface area contributed by atoms with E-state index in [2.05, 4.69) is 10.6 Å². The van der Waals surface area contributed by atoms with E-state index in [1.54, 1.807) is 6.07 Å². The van der Waals surface area contributed by atoms with Crippen LogP contribution in [0.3, 0.4) is 0 Å². The standard InChI is InChI=1S/C26H16N4O8S4/c1-7-11(5-27)21(33)29-23(35)13(7)25-39-17-15(37-9(3)31)19-20(16(18(17)40-25)38-10(4)32)42-26(41-19)14-8(2)12(6-28)22(34)30-24(14)36/h23,35H,1-4H3,(H,29,33)(H,30,34,36). The maximum absolute atomic E-state index is 12.9. The van der Waals surface area contributed by atoms with E-state index in [4.69, 9.17) is 9.47 Å². The molecule has 5 rings (SSSR count). The predicted molar refractivity (Wildman–Crippen MR) is 150 cm³/mol. The highest BCUT2D eigenvalue weighted by molar-refractivity contribution is 8.26. The van der Waals surface area contributed by atoms with Crippen molar-refractivity contribution in [3.8, 4) is 23.6 Å². The summed E-state index contributed by atoms with van der Waals surface area (Å²) >= 11 is 4.26. The van der Waals surface area contributed by atoms with Gasteiger partial charge in [-0.15, -0.1) is 0 Å². The number of hydrogen-bond donors (Lipinski definition) is 3. The van der Waals surface area contributed by atoms with E-state index in [9.17, 15) is 39.6 Å². The van der Waals surface area contributed by atoms with Crippen LogP contribution in [0, 0.1) is 22.7 Å². The number of rotatable bonds is 2. The third-order valence-corrected chi connectivity index (χ3v) is 11.4. The van der Waals surface area contributed by atoms with E-state index in [1.165, 1.54) is 27.7 Å². The fourth-order valence-electron chi connectivity index (χ4n) is 4.34. The number of fused-ring (bicyclic) bond motifs is 2. The molecule has 3 N–H and O–H groups in total. The molecule has 1 atom stereocenters. The lowest BCUT2D eigenvalue weighted by atomic mass is 9.98. The Morgan fingerprint density at radius 1 is 0.762 bits per heavy atom. The van der Waals surface area contributed by atoms with Crippen molar-refractivity contribution in [1.29, 1.82) is 10.5 Å². The summed E-state index contributed by atoms with van der Waals surface area (Å²) in [5.74, 6) is -3.35. The van der Waals surface area contributed by atoms with Gasteiger partial charge in [0.2, 0.25) is 0 Å². The predicted octanol–water partition coefficient (Wildman–Crippen LogP) is 3.14. The highest BCUT2D eigenvalue weighted by Gasteiger charge is 2.42. The Morgan fingerprint density at radius 2 is 1.21 bits per heavy atom. The van der Waals surface area contributed by atoms with Gasteiger partial charge in [-0.2, -0.15) is 10.5 Å². The fourth-order valence-corrected chi connectivity index (χ4v) is 10.2. The molecule has 3 amide bonds. The van der Waals surface area contributed by atoms with Crippen molar-refractivity contribution in [1.82, 2.24) is 10.6 Å². The van der Waals surface area contributed by atoms with E-state index < -0.39 is 35.9 Å². The van der Waals surface area contributed by atoms with E-state index in [0.29, 0.717) is 28.1 Å². The Morgan fingerprint density at radius 3 is 1.67 bits per heavy atom. The monoisotopic (exact) mass is 640 g/mol. The van der Waals surface area contributed by atoms with Crippen LogP contribution in [0.25, 0.3) is 0 Å². The van der Waals surface area contributed by atoms with Crippen molar-refractivity contribution in [2.45, 2.75) is 53.5 Å². The van der Waals surface area contributed by atoms with Crippen molar-refractivity contribution < 1.29 is 38.6 Å². The number of nitriles is 2. The van der Waals surface area contributed by atoms with Crippen LogP contribution in [0.2, 0.25) is 0 Å². The first kappa shape index (κ1) is 29.6. The van der Waals surface area contributed by atoms with E-state index in [-0.39, 0.29) is 44.9 Å². The zero-order valence-electron chi connectivity index (χ0n) is 21.9. The highest BCUT2D eigenvalue weighted by Crippen LogP contribution is 2.69. The third kappa shape index (κ3) is 4.81. The third-order valence-electron chi connectivity index (χ3n) is 6.13. The maximum Gasteiger partial charge on any atom is 0.308 e. The second-order valence-corrected chi connectivity index (χ2v) is 13.4. The molecular formula is C26H16N4O8S4. The van der Waals surface area contributed by atoms with Gasteiger partial charge in [0.05, 0.1) is 33.6 Å². The van der Waals surface area contributed by atoms with Crippen LogP contribution in [0.1, 0.15) is 27.7 Å². The molecule has 16 heteroatoms. The van der Waals surface area contributed by atoms with Crippen LogP contribution in [0.5, 0.6) is 11.5 Å². The number of thioether (sulfide) groups is 4. The first-order valence-corrected chi connectivity index (χ1v) is 15.0. The Labute approximate surface area is 254 Å². The van der Waals surface area contributed by atoms with Gasteiger partial charge in [-0.3, -0.25) is 29.3 Å². The van der Waals surface area contributed by atoms with Gasteiger partial charge < -0.3 is 19.9 Å². The van der Waals surface area contributed by atoms with Gasteiger partial charge in [0, 0.05) is 19.4 Å². The number of nitrogens with one attached hydrogen (secondary N) is 2. The molecule has 1 aromatic carbocycles. The SMILES string of the molecule is CC(=O)Oc1c2c(c(OC(C)=O)c3c1SC(=C1C(C)=C(C#N)C(=O)NC1O)S3)SC(=C1C(=O)NC(=O)C(C#N)=C1C)S2. The van der Waals surface area contributed by atoms with Gasteiger partial charge in [-0.25, -0.2) is 0 Å². The summed E-state index contributed by atoms with van der Waals surface area (Å²) in [4.78, 5) is 63.1. The number of carbonyl (C=O) groups excluding carboxylic acids is 5. The average Bonchev–Trinajstić information content (AvgIpc) is 3.51. The fraction of sp³-hybridized carbons (Fsp3) is 0.192. The van der Waals surface area contributed by atoms with Crippen LogP contribution in [-0.4, -0.2) is 41.0 Å². The summed E-state index contributed by atoms with van der Waals surface area (Å²) < 4.78 is 12.1. The molecule has 212 valence electrons. The van der Waals surface area contributed by atoms with Crippen LogP contribution in [-0.2, 0) is 24.0 Å². The lowest BCUT2D eigenvalue weighted by molar-refractivity contribution is -0.133. The van der Waals surface area contributed by atoms with Crippen molar-refractivity contribution in [3.63, 3.8) is 0 Å². The second-order valence-electron chi connectivity index (χ2n) is 8.82. The molecular weight excluding hydrogens is 625 g/mol. The number of hydrogen-bond acceptors (Lipinski definition) is 14. The smallest absolute Gasteiger partial charge is 0.308 e. The zero-order chi connectivity index (χ0) is 30.6. The van der Waals surface area contributed by atoms with Gasteiger partial charge in [-0.1, -0.05) is 47.0 Å². The molecule has 42 heavy (non-hydrogen) atoms. The normalized spacial score (nSPS) is 19.7. The molecule has 4 aliphatic rings. The number of nitrogens with zero attached hydrogens (tertiary/aromatic N) is 2. The molecule has 0 spiro atoms. The van der Waals surface area contributed by atoms with Gasteiger partial charge in [0.1, 0.15) is 23.3 Å². The second kappa shape index (κ2) is 11.0. The summed E-state index contributed by atoms with van der Waals surface area (Å²) in [5, 5.41) is 34.2. The molecule has 0 aliphatic carbocycles. The number of aliphatic hydroxyl groups excluding tert-OH is 1. The molecule has 1 unspecified atom stereocenters. The Hall–Kier alpha value is -3.93. The quantitative estimate of drug-likeness (QED) is 0.184. The minimum absolute atomic E-state index is 0.0778. The first-order chi connectivity index (χ1) is 19.9. The summed E-state index contributed by atoms with van der Waals surface area (Å²) in [6, 6.07) is 3.64. The number of benzene rings is 1. The van der Waals surface area contributed by atoms with Crippen LogP contribution >= 0.6 is 47.0 Å². The molecule has 4 aliphatic heterocycles. The Kier molecular flexibility index (Phi) is 7.78. The van der Waals surface area contributed by atoms with Gasteiger partial charge in [0.25, 0.3) is 17.7 Å². The summed E-state index contributed by atoms with van der Waals surface area (Å²) in [7, 11) is 0. The first-order valence-electron chi connectivity index (χ1n) is 11.8. The lowest BCUT2D eigenvalue weighted by Crippen LogP contribution is -2.41. The van der Waals surface area contributed by atoms with E-state index in [0.717, 1.165) is 47.0 Å². The van der Waals surface area contributed by atoms with Crippen molar-refractivity contribution in [3.05, 3.63) is 41.9 Å². The van der Waals surface area contributed by atoms with Crippen molar-refractivity contribution >= 4 is 76.7 Å². The minimum atomic E-state index is -1.43. The number of esters is 2. The van der Waals surface area contributed by atoms with E-state index in [1.807, 2.05) is 6.07 Å². The number of amides is 3. The largest absolute Gasteiger partial charge is 0.424 e. The summed E-state index contributed by atoms with van der Waals surface area (Å²) in [5.41, 5.74) is 0.374.